The number of aryl methyl sites for hydroxylation is 1. The van der Waals surface area contributed by atoms with Gasteiger partial charge in [-0.1, -0.05) is 0 Å². The third-order valence-electron chi connectivity index (χ3n) is 2.70. The van der Waals surface area contributed by atoms with Crippen molar-refractivity contribution in [3.8, 4) is 5.75 Å². The van der Waals surface area contributed by atoms with Gasteiger partial charge in [-0.15, -0.1) is 0 Å². The van der Waals surface area contributed by atoms with Crippen LogP contribution in [-0.2, 0) is 4.74 Å². The van der Waals surface area contributed by atoms with Crippen molar-refractivity contribution in [2.24, 2.45) is 5.92 Å². The maximum atomic E-state index is 5.74. The fourth-order valence-corrected chi connectivity index (χ4v) is 1.76. The highest BCUT2D eigenvalue weighted by Gasteiger charge is 2.16. The minimum atomic E-state index is 0.543. The molecule has 3 heteroatoms. The zero-order valence-corrected chi connectivity index (χ0v) is 9.03. The van der Waals surface area contributed by atoms with E-state index in [4.69, 9.17) is 15.2 Å². The van der Waals surface area contributed by atoms with Crippen LogP contribution in [0.4, 0.5) is 5.69 Å². The summed E-state index contributed by atoms with van der Waals surface area (Å²) in [5.41, 5.74) is 7.54. The van der Waals surface area contributed by atoms with Crippen LogP contribution in [0.25, 0.3) is 0 Å². The minimum Gasteiger partial charge on any atom is -0.493 e. The van der Waals surface area contributed by atoms with Gasteiger partial charge in [0, 0.05) is 18.2 Å². The number of hydrogen-bond donors (Lipinski definition) is 1. The predicted octanol–water partition coefficient (Wildman–Crippen LogP) is 1.99. The number of nitrogens with two attached hydrogens (primary N) is 1. The molecule has 1 aliphatic heterocycles. The molecule has 0 aromatic heterocycles. The number of hydrogen-bond acceptors (Lipinski definition) is 3. The summed E-state index contributed by atoms with van der Waals surface area (Å²) in [4.78, 5) is 0. The maximum Gasteiger partial charge on any atom is 0.122 e. The minimum absolute atomic E-state index is 0.543. The molecule has 2 rings (SSSR count). The number of benzene rings is 1. The standard InChI is InChI=1S/C12H17NO2/c1-9-6-11(13)2-3-12(9)15-8-10-4-5-14-7-10/h2-3,6,10H,4-5,7-8,13H2,1H3. The Balaban J connectivity index is 1.92. The molecule has 2 N–H and O–H groups in total. The molecule has 1 heterocycles. The molecule has 1 saturated heterocycles. The van der Waals surface area contributed by atoms with Crippen LogP contribution < -0.4 is 10.5 Å². The van der Waals surface area contributed by atoms with E-state index in [-0.39, 0.29) is 0 Å². The topological polar surface area (TPSA) is 44.5 Å². The summed E-state index contributed by atoms with van der Waals surface area (Å²) in [5.74, 6) is 1.47. The Morgan fingerprint density at radius 2 is 2.40 bits per heavy atom. The summed E-state index contributed by atoms with van der Waals surface area (Å²) in [6.45, 7) is 4.45. The van der Waals surface area contributed by atoms with Crippen molar-refractivity contribution < 1.29 is 9.47 Å². The van der Waals surface area contributed by atoms with Crippen LogP contribution in [0.1, 0.15) is 12.0 Å². The molecule has 1 aliphatic rings. The number of nitrogen functional groups attached to an aromatic ring is 1. The second kappa shape index (κ2) is 4.53. The normalized spacial score (nSPS) is 20.5. The van der Waals surface area contributed by atoms with Crippen LogP contribution in [0.15, 0.2) is 18.2 Å². The van der Waals surface area contributed by atoms with E-state index in [1.54, 1.807) is 0 Å². The van der Waals surface area contributed by atoms with E-state index in [0.29, 0.717) is 5.92 Å². The van der Waals surface area contributed by atoms with E-state index >= 15 is 0 Å². The van der Waals surface area contributed by atoms with Crippen LogP contribution in [0.5, 0.6) is 5.75 Å². The van der Waals surface area contributed by atoms with Gasteiger partial charge in [0.15, 0.2) is 0 Å². The van der Waals surface area contributed by atoms with Crippen molar-refractivity contribution in [1.82, 2.24) is 0 Å². The average Bonchev–Trinajstić information content (AvgIpc) is 2.69. The van der Waals surface area contributed by atoms with Crippen LogP contribution in [-0.4, -0.2) is 19.8 Å². The molecule has 0 spiro atoms. The molecule has 15 heavy (non-hydrogen) atoms. The first-order valence-electron chi connectivity index (χ1n) is 5.32. The molecule has 1 fully saturated rings. The lowest BCUT2D eigenvalue weighted by atomic mass is 10.1. The van der Waals surface area contributed by atoms with Crippen molar-refractivity contribution in [1.29, 1.82) is 0 Å². The summed E-state index contributed by atoms with van der Waals surface area (Å²) >= 11 is 0. The van der Waals surface area contributed by atoms with Crippen LogP contribution in [0, 0.1) is 12.8 Å². The van der Waals surface area contributed by atoms with E-state index in [1.165, 1.54) is 0 Å². The smallest absolute Gasteiger partial charge is 0.122 e. The van der Waals surface area contributed by atoms with E-state index in [1.807, 2.05) is 25.1 Å². The van der Waals surface area contributed by atoms with Gasteiger partial charge in [0.1, 0.15) is 5.75 Å². The van der Waals surface area contributed by atoms with Gasteiger partial charge in [-0.05, 0) is 37.1 Å². The summed E-state index contributed by atoms with van der Waals surface area (Å²) in [6.07, 6.45) is 1.11. The molecule has 1 aromatic carbocycles. The lowest BCUT2D eigenvalue weighted by Crippen LogP contribution is -2.12. The first-order chi connectivity index (χ1) is 7.25. The predicted molar refractivity (Wildman–Crippen MR) is 60.0 cm³/mol. The highest BCUT2D eigenvalue weighted by Crippen LogP contribution is 2.22. The Morgan fingerprint density at radius 3 is 3.07 bits per heavy atom. The quantitative estimate of drug-likeness (QED) is 0.771. The molecule has 3 nitrogen and oxygen atoms in total. The van der Waals surface area contributed by atoms with Crippen LogP contribution >= 0.6 is 0 Å². The Labute approximate surface area is 90.2 Å². The second-order valence-corrected chi connectivity index (χ2v) is 4.07. The SMILES string of the molecule is Cc1cc(N)ccc1OCC1CCOC1. The zero-order chi connectivity index (χ0) is 10.7. The Hall–Kier alpha value is -1.22. The van der Waals surface area contributed by atoms with Gasteiger partial charge < -0.3 is 15.2 Å². The maximum absolute atomic E-state index is 5.74. The fourth-order valence-electron chi connectivity index (χ4n) is 1.76. The molecule has 0 amide bonds. The molecule has 1 atom stereocenters. The molecule has 0 radical (unpaired) electrons. The van der Waals surface area contributed by atoms with Gasteiger partial charge in [-0.3, -0.25) is 0 Å². The lowest BCUT2D eigenvalue weighted by molar-refractivity contribution is 0.167. The molecule has 82 valence electrons. The van der Waals surface area contributed by atoms with Crippen molar-refractivity contribution in [2.45, 2.75) is 13.3 Å². The Kier molecular flexibility index (Phi) is 3.11. The van der Waals surface area contributed by atoms with Gasteiger partial charge in [-0.25, -0.2) is 0 Å². The van der Waals surface area contributed by atoms with E-state index < -0.39 is 0 Å². The monoisotopic (exact) mass is 207 g/mol. The molecule has 1 aromatic rings. The highest BCUT2D eigenvalue weighted by atomic mass is 16.5. The van der Waals surface area contributed by atoms with Crippen molar-refractivity contribution in [3.63, 3.8) is 0 Å². The van der Waals surface area contributed by atoms with Gasteiger partial charge in [0.05, 0.1) is 13.2 Å². The Morgan fingerprint density at radius 1 is 1.53 bits per heavy atom. The average molecular weight is 207 g/mol. The third-order valence-corrected chi connectivity index (χ3v) is 2.70. The summed E-state index contributed by atoms with van der Waals surface area (Å²) < 4.78 is 11.0. The summed E-state index contributed by atoms with van der Waals surface area (Å²) in [6, 6.07) is 5.73. The molecule has 0 aliphatic carbocycles. The van der Waals surface area contributed by atoms with E-state index in [2.05, 4.69) is 0 Å². The van der Waals surface area contributed by atoms with Gasteiger partial charge in [0.25, 0.3) is 0 Å². The van der Waals surface area contributed by atoms with Gasteiger partial charge in [-0.2, -0.15) is 0 Å². The molecular formula is C12H17NO2. The zero-order valence-electron chi connectivity index (χ0n) is 9.03. The number of ether oxygens (including phenoxy) is 2. The van der Waals surface area contributed by atoms with Crippen molar-refractivity contribution >= 4 is 5.69 Å². The first kappa shape index (κ1) is 10.3. The van der Waals surface area contributed by atoms with E-state index in [0.717, 1.165) is 43.2 Å². The summed E-state index contributed by atoms with van der Waals surface area (Å²) in [5, 5.41) is 0. The van der Waals surface area contributed by atoms with Crippen LogP contribution in [0.3, 0.4) is 0 Å². The van der Waals surface area contributed by atoms with E-state index in [9.17, 15) is 0 Å². The van der Waals surface area contributed by atoms with Gasteiger partial charge in [0.2, 0.25) is 0 Å². The Bertz CT molecular complexity index is 332. The van der Waals surface area contributed by atoms with Crippen LogP contribution in [0.2, 0.25) is 0 Å². The molecule has 0 saturated carbocycles. The van der Waals surface area contributed by atoms with Gasteiger partial charge >= 0.3 is 0 Å². The molecule has 0 bridgehead atoms. The fraction of sp³-hybridized carbons (Fsp3) is 0.500. The molecule has 1 unspecified atom stereocenters. The largest absolute Gasteiger partial charge is 0.493 e. The second-order valence-electron chi connectivity index (χ2n) is 4.07. The van der Waals surface area contributed by atoms with Crippen molar-refractivity contribution in [2.75, 3.05) is 25.6 Å². The summed E-state index contributed by atoms with van der Waals surface area (Å²) in [7, 11) is 0. The first-order valence-corrected chi connectivity index (χ1v) is 5.32. The molecular weight excluding hydrogens is 190 g/mol. The lowest BCUT2D eigenvalue weighted by Gasteiger charge is -2.12. The highest BCUT2D eigenvalue weighted by molar-refractivity contribution is 5.47. The number of anilines is 1. The van der Waals surface area contributed by atoms with Crippen molar-refractivity contribution in [3.05, 3.63) is 23.8 Å². The third kappa shape index (κ3) is 2.63. The number of rotatable bonds is 3.